The van der Waals surface area contributed by atoms with Crippen molar-refractivity contribution in [3.05, 3.63) is 71.3 Å². The van der Waals surface area contributed by atoms with E-state index in [1.165, 1.54) is 12.1 Å². The number of amides is 4. The van der Waals surface area contributed by atoms with E-state index in [9.17, 15) is 29.2 Å². The maximum atomic E-state index is 14.2. The van der Waals surface area contributed by atoms with E-state index in [-0.39, 0.29) is 24.8 Å². The monoisotopic (exact) mass is 645 g/mol. The number of nitriles is 1. The first-order valence-corrected chi connectivity index (χ1v) is 15.0. The summed E-state index contributed by atoms with van der Waals surface area (Å²) in [6.07, 6.45) is 4.10. The molecule has 0 saturated heterocycles. The summed E-state index contributed by atoms with van der Waals surface area (Å²) in [6.45, 7) is 9.37. The Labute approximate surface area is 276 Å². The van der Waals surface area contributed by atoms with Crippen molar-refractivity contribution >= 4 is 29.8 Å². The molecule has 12 heteroatoms. The van der Waals surface area contributed by atoms with Gasteiger partial charge < -0.3 is 30.7 Å². The molecule has 0 aliphatic carbocycles. The summed E-state index contributed by atoms with van der Waals surface area (Å²) in [5.74, 6) is -0.632. The molecule has 2 aromatic carbocycles. The SMILES string of the molecule is C#Cc1ccc(C(C(=O)NC(Cc2ccccc2)C(=O)OC(C)(C)C)N(CC#N)C(=O)C(CCC(N)=O)NC(=O)OC(C)(C)C)cc1. The van der Waals surface area contributed by atoms with Crippen molar-refractivity contribution < 1.29 is 33.4 Å². The van der Waals surface area contributed by atoms with Gasteiger partial charge in [0.05, 0.1) is 6.07 Å². The molecule has 0 aliphatic rings. The quantitative estimate of drug-likeness (QED) is 0.169. The average Bonchev–Trinajstić information content (AvgIpc) is 2.97. The zero-order valence-corrected chi connectivity index (χ0v) is 27.7. The Morgan fingerprint density at radius 3 is 2.00 bits per heavy atom. The Balaban J connectivity index is 2.62. The smallest absolute Gasteiger partial charge is 0.408 e. The Bertz CT molecular complexity index is 1500. The number of primary amides is 1. The van der Waals surface area contributed by atoms with Crippen molar-refractivity contribution in [2.45, 2.75) is 90.1 Å². The van der Waals surface area contributed by atoms with E-state index < -0.39 is 65.7 Å². The number of benzene rings is 2. The van der Waals surface area contributed by atoms with Crippen LogP contribution in [0.25, 0.3) is 0 Å². The highest BCUT2D eigenvalue weighted by molar-refractivity contribution is 5.94. The predicted molar refractivity (Wildman–Crippen MR) is 174 cm³/mol. The predicted octanol–water partition coefficient (Wildman–Crippen LogP) is 3.29. The van der Waals surface area contributed by atoms with Gasteiger partial charge in [0.25, 0.3) is 0 Å². The maximum Gasteiger partial charge on any atom is 0.408 e. The summed E-state index contributed by atoms with van der Waals surface area (Å²) in [5, 5.41) is 15.0. The van der Waals surface area contributed by atoms with Crippen molar-refractivity contribution in [2.75, 3.05) is 6.54 Å². The number of nitrogens with two attached hydrogens (primary N) is 1. The molecule has 2 rings (SSSR count). The van der Waals surface area contributed by atoms with Crippen LogP contribution in [0.3, 0.4) is 0 Å². The fourth-order valence-electron chi connectivity index (χ4n) is 4.47. The number of nitrogens with one attached hydrogen (secondary N) is 2. The van der Waals surface area contributed by atoms with E-state index in [1.807, 2.05) is 12.1 Å². The number of esters is 1. The highest BCUT2D eigenvalue weighted by Gasteiger charge is 2.38. The van der Waals surface area contributed by atoms with Gasteiger partial charge in [-0.15, -0.1) is 6.42 Å². The fourth-order valence-corrected chi connectivity index (χ4v) is 4.47. The van der Waals surface area contributed by atoms with Gasteiger partial charge in [-0.05, 0) is 71.2 Å². The number of carbonyl (C=O) groups is 5. The molecule has 0 fully saturated rings. The molecule has 47 heavy (non-hydrogen) atoms. The molecular formula is C35H43N5O7. The summed E-state index contributed by atoms with van der Waals surface area (Å²) in [6, 6.07) is 13.0. The molecule has 250 valence electrons. The Morgan fingerprint density at radius 2 is 1.49 bits per heavy atom. The number of carbonyl (C=O) groups excluding carboxylic acids is 5. The molecule has 3 unspecified atom stereocenters. The van der Waals surface area contributed by atoms with E-state index >= 15 is 0 Å². The van der Waals surface area contributed by atoms with Gasteiger partial charge in [-0.3, -0.25) is 14.4 Å². The second kappa shape index (κ2) is 16.8. The van der Waals surface area contributed by atoms with Gasteiger partial charge in [0, 0.05) is 18.4 Å². The first kappa shape index (κ1) is 37.8. The molecule has 3 atom stereocenters. The van der Waals surface area contributed by atoms with E-state index in [2.05, 4.69) is 16.6 Å². The minimum atomic E-state index is -1.48. The number of hydrogen-bond acceptors (Lipinski definition) is 8. The topological polar surface area (TPSA) is 181 Å². The normalized spacial score (nSPS) is 13.0. The molecule has 0 aromatic heterocycles. The van der Waals surface area contributed by atoms with Crippen molar-refractivity contribution in [1.82, 2.24) is 15.5 Å². The van der Waals surface area contributed by atoms with Crippen molar-refractivity contribution in [3.63, 3.8) is 0 Å². The zero-order chi connectivity index (χ0) is 35.4. The first-order chi connectivity index (χ1) is 21.9. The van der Waals surface area contributed by atoms with Gasteiger partial charge in [-0.2, -0.15) is 5.26 Å². The van der Waals surface area contributed by atoms with Crippen LogP contribution in [0.1, 0.15) is 77.1 Å². The molecule has 0 saturated carbocycles. The standard InChI is InChI=1S/C35H43N5O7/c1-8-23-14-16-25(17-15-23)29(30(42)38-27(32(44)46-34(2,3)4)22-24-12-10-9-11-13-24)40(21-20-36)31(43)26(18-19-28(37)41)39-33(45)47-35(5,6)7/h1,9-17,26-27,29H,18-19,21-22H2,2-7H3,(H2,37,41)(H,38,42)(H,39,45). The number of terminal acetylenes is 1. The Kier molecular flexibility index (Phi) is 13.5. The highest BCUT2D eigenvalue weighted by atomic mass is 16.6. The second-order valence-electron chi connectivity index (χ2n) is 12.8. The van der Waals surface area contributed by atoms with Crippen LogP contribution in [-0.2, 0) is 35.1 Å². The number of alkyl carbamates (subject to hydrolysis) is 1. The van der Waals surface area contributed by atoms with Gasteiger partial charge in [0.2, 0.25) is 17.7 Å². The largest absolute Gasteiger partial charge is 0.458 e. The summed E-state index contributed by atoms with van der Waals surface area (Å²) in [4.78, 5) is 67.1. The molecule has 2 aromatic rings. The van der Waals surface area contributed by atoms with Gasteiger partial charge >= 0.3 is 12.1 Å². The van der Waals surface area contributed by atoms with Gasteiger partial charge in [0.1, 0.15) is 35.9 Å². The molecule has 12 nitrogen and oxygen atoms in total. The number of hydrogen-bond donors (Lipinski definition) is 3. The summed E-state index contributed by atoms with van der Waals surface area (Å²) in [7, 11) is 0. The van der Waals surface area contributed by atoms with Crippen LogP contribution in [-0.4, -0.2) is 64.5 Å². The van der Waals surface area contributed by atoms with E-state index in [4.69, 9.17) is 21.6 Å². The van der Waals surface area contributed by atoms with E-state index in [0.717, 1.165) is 10.5 Å². The van der Waals surface area contributed by atoms with Crippen LogP contribution < -0.4 is 16.4 Å². The van der Waals surface area contributed by atoms with Gasteiger partial charge in [-0.1, -0.05) is 48.4 Å². The van der Waals surface area contributed by atoms with Crippen LogP contribution in [0.4, 0.5) is 4.79 Å². The molecule has 4 amide bonds. The minimum absolute atomic E-state index is 0.0673. The van der Waals surface area contributed by atoms with Gasteiger partial charge in [0.15, 0.2) is 0 Å². The summed E-state index contributed by atoms with van der Waals surface area (Å²) in [5.41, 5.74) is 5.05. The van der Waals surface area contributed by atoms with Crippen LogP contribution in [0, 0.1) is 23.7 Å². The zero-order valence-electron chi connectivity index (χ0n) is 27.7. The second-order valence-corrected chi connectivity index (χ2v) is 12.8. The molecule has 0 radical (unpaired) electrons. The van der Waals surface area contributed by atoms with E-state index in [0.29, 0.717) is 5.56 Å². The van der Waals surface area contributed by atoms with Gasteiger partial charge in [-0.25, -0.2) is 9.59 Å². The summed E-state index contributed by atoms with van der Waals surface area (Å²) < 4.78 is 10.9. The lowest BCUT2D eigenvalue weighted by Gasteiger charge is -2.34. The third-order valence-corrected chi connectivity index (χ3v) is 6.44. The molecule has 0 bridgehead atoms. The van der Waals surface area contributed by atoms with Crippen LogP contribution in [0.5, 0.6) is 0 Å². The lowest BCUT2D eigenvalue weighted by atomic mass is 9.99. The lowest BCUT2D eigenvalue weighted by Crippen LogP contribution is -2.55. The molecule has 0 spiro atoms. The summed E-state index contributed by atoms with van der Waals surface area (Å²) >= 11 is 0. The number of nitrogens with zero attached hydrogens (tertiary/aromatic N) is 2. The average molecular weight is 646 g/mol. The number of rotatable bonds is 13. The molecule has 0 aliphatic heterocycles. The first-order valence-electron chi connectivity index (χ1n) is 15.0. The maximum absolute atomic E-state index is 14.2. The van der Waals surface area contributed by atoms with Crippen LogP contribution >= 0.6 is 0 Å². The van der Waals surface area contributed by atoms with Crippen LogP contribution in [0.2, 0.25) is 0 Å². The number of ether oxygens (including phenoxy) is 2. The Morgan fingerprint density at radius 1 is 0.894 bits per heavy atom. The van der Waals surface area contributed by atoms with Crippen molar-refractivity contribution in [1.29, 1.82) is 5.26 Å². The molecule has 4 N–H and O–H groups in total. The highest BCUT2D eigenvalue weighted by Crippen LogP contribution is 2.25. The third-order valence-electron chi connectivity index (χ3n) is 6.44. The lowest BCUT2D eigenvalue weighted by molar-refractivity contribution is -0.159. The van der Waals surface area contributed by atoms with Crippen LogP contribution in [0.15, 0.2) is 54.6 Å². The Hall–Kier alpha value is -5.36. The molecular weight excluding hydrogens is 602 g/mol. The minimum Gasteiger partial charge on any atom is -0.458 e. The molecule has 0 heterocycles. The van der Waals surface area contributed by atoms with Crippen molar-refractivity contribution in [3.8, 4) is 18.4 Å². The van der Waals surface area contributed by atoms with E-state index in [1.54, 1.807) is 77.9 Å². The van der Waals surface area contributed by atoms with Crippen molar-refractivity contribution in [2.24, 2.45) is 5.73 Å². The third kappa shape index (κ3) is 12.9. The fraction of sp³-hybridized carbons (Fsp3) is 0.429.